The van der Waals surface area contributed by atoms with Crippen molar-refractivity contribution >= 4 is 25.9 Å². The van der Waals surface area contributed by atoms with E-state index in [1.54, 1.807) is 6.07 Å². The average Bonchev–Trinajstić information content (AvgIpc) is 3.11. The fourth-order valence-electron chi connectivity index (χ4n) is 4.08. The van der Waals surface area contributed by atoms with Gasteiger partial charge in [0.1, 0.15) is 6.04 Å². The van der Waals surface area contributed by atoms with Crippen LogP contribution >= 0.6 is 11.6 Å². The molecule has 0 bridgehead atoms. The zero-order chi connectivity index (χ0) is 22.8. The lowest BCUT2D eigenvalue weighted by atomic mass is 9.90. The Morgan fingerprint density at radius 3 is 2.32 bits per heavy atom. The van der Waals surface area contributed by atoms with Crippen molar-refractivity contribution in [2.24, 2.45) is 5.92 Å². The third-order valence-electron chi connectivity index (χ3n) is 6.96. The standard InChI is InChI=1S/C25H34ClNO3Si/c1-25(2,3)31(4,5)30-17-19-15-27(16-21(19)18-11-7-6-8-12-18)23(24(28)29)20-13-9-10-14-22(20)26/h6-14,19,21,23H,15-17H2,1-5H3,(H,28,29). The van der Waals surface area contributed by atoms with Gasteiger partial charge in [-0.25, -0.2) is 0 Å². The SMILES string of the molecule is CC(C)(C)[Si](C)(C)OCC1CN(C(C(=O)O)c2ccccc2Cl)CC1c1ccccc1. The number of hydrogen-bond acceptors (Lipinski definition) is 3. The van der Waals surface area contributed by atoms with Gasteiger partial charge in [0.2, 0.25) is 0 Å². The summed E-state index contributed by atoms with van der Waals surface area (Å²) in [5.74, 6) is -0.429. The Labute approximate surface area is 192 Å². The summed E-state index contributed by atoms with van der Waals surface area (Å²) in [6.45, 7) is 13.2. The minimum Gasteiger partial charge on any atom is -0.480 e. The maximum Gasteiger partial charge on any atom is 0.325 e. The Kier molecular flexibility index (Phi) is 7.31. The van der Waals surface area contributed by atoms with E-state index in [4.69, 9.17) is 16.0 Å². The van der Waals surface area contributed by atoms with Crippen LogP contribution in [0.15, 0.2) is 54.6 Å². The topological polar surface area (TPSA) is 49.8 Å². The first kappa shape index (κ1) is 24.0. The molecule has 3 unspecified atom stereocenters. The van der Waals surface area contributed by atoms with Crippen molar-refractivity contribution in [2.45, 2.75) is 50.9 Å². The van der Waals surface area contributed by atoms with Crippen molar-refractivity contribution < 1.29 is 14.3 Å². The van der Waals surface area contributed by atoms with Crippen LogP contribution in [0.5, 0.6) is 0 Å². The molecular weight excluding hydrogens is 426 g/mol. The molecule has 6 heteroatoms. The fraction of sp³-hybridized carbons (Fsp3) is 0.480. The Morgan fingerprint density at radius 2 is 1.74 bits per heavy atom. The van der Waals surface area contributed by atoms with E-state index >= 15 is 0 Å². The van der Waals surface area contributed by atoms with Crippen molar-refractivity contribution in [3.05, 3.63) is 70.7 Å². The molecule has 0 saturated carbocycles. The molecule has 0 aromatic heterocycles. The number of carboxylic acids is 1. The Balaban J connectivity index is 1.89. The number of rotatable bonds is 7. The third kappa shape index (κ3) is 5.40. The molecule has 1 heterocycles. The second-order valence-electron chi connectivity index (χ2n) is 10.1. The van der Waals surface area contributed by atoms with Crippen molar-refractivity contribution in [1.29, 1.82) is 0 Å². The largest absolute Gasteiger partial charge is 0.480 e. The van der Waals surface area contributed by atoms with Crippen LogP contribution in [-0.2, 0) is 9.22 Å². The summed E-state index contributed by atoms with van der Waals surface area (Å²) >= 11 is 6.39. The van der Waals surface area contributed by atoms with E-state index in [0.29, 0.717) is 30.3 Å². The van der Waals surface area contributed by atoms with Gasteiger partial charge in [0.15, 0.2) is 8.32 Å². The number of benzene rings is 2. The molecular formula is C25H34ClNO3Si. The molecule has 3 atom stereocenters. The van der Waals surface area contributed by atoms with Crippen molar-refractivity contribution in [2.75, 3.05) is 19.7 Å². The lowest BCUT2D eigenvalue weighted by Gasteiger charge is -2.37. The van der Waals surface area contributed by atoms with E-state index in [1.807, 2.05) is 36.4 Å². The molecule has 0 radical (unpaired) electrons. The Bertz CT molecular complexity index is 897. The molecule has 0 aliphatic carbocycles. The van der Waals surface area contributed by atoms with Crippen molar-refractivity contribution in [1.82, 2.24) is 4.90 Å². The zero-order valence-corrected chi connectivity index (χ0v) is 20.9. The predicted molar refractivity (Wildman–Crippen MR) is 129 cm³/mol. The lowest BCUT2D eigenvalue weighted by Crippen LogP contribution is -2.42. The molecule has 1 saturated heterocycles. The first-order valence-corrected chi connectivity index (χ1v) is 14.2. The van der Waals surface area contributed by atoms with Crippen molar-refractivity contribution in [3.8, 4) is 0 Å². The van der Waals surface area contributed by atoms with Crippen LogP contribution in [-0.4, -0.2) is 44.0 Å². The van der Waals surface area contributed by atoms with E-state index in [9.17, 15) is 9.90 Å². The quantitative estimate of drug-likeness (QED) is 0.500. The molecule has 0 spiro atoms. The first-order chi connectivity index (χ1) is 14.5. The smallest absolute Gasteiger partial charge is 0.325 e. The van der Waals surface area contributed by atoms with E-state index in [2.05, 4.69) is 50.9 Å². The molecule has 2 aromatic carbocycles. The summed E-state index contributed by atoms with van der Waals surface area (Å²) in [4.78, 5) is 14.4. The number of hydrogen-bond donors (Lipinski definition) is 1. The molecule has 2 aromatic rings. The summed E-state index contributed by atoms with van der Waals surface area (Å²) in [6, 6.07) is 16.9. The van der Waals surface area contributed by atoms with E-state index in [0.717, 1.165) is 0 Å². The van der Waals surface area contributed by atoms with Gasteiger partial charge < -0.3 is 9.53 Å². The summed E-state index contributed by atoms with van der Waals surface area (Å²) < 4.78 is 6.59. The normalized spacial score (nSPS) is 21.2. The monoisotopic (exact) mass is 459 g/mol. The van der Waals surface area contributed by atoms with Crippen LogP contribution in [0.25, 0.3) is 0 Å². The van der Waals surface area contributed by atoms with E-state index in [-0.39, 0.29) is 16.9 Å². The highest BCUT2D eigenvalue weighted by Crippen LogP contribution is 2.41. The molecule has 31 heavy (non-hydrogen) atoms. The van der Waals surface area contributed by atoms with E-state index < -0.39 is 20.3 Å². The van der Waals surface area contributed by atoms with Gasteiger partial charge in [0.05, 0.1) is 0 Å². The molecule has 1 aliphatic rings. The molecule has 0 amide bonds. The Hall–Kier alpha value is -1.66. The van der Waals surface area contributed by atoms with Crippen LogP contribution in [0.3, 0.4) is 0 Å². The predicted octanol–water partition coefficient (Wildman–Crippen LogP) is 6.20. The highest BCUT2D eigenvalue weighted by Gasteiger charge is 2.43. The second-order valence-corrected chi connectivity index (χ2v) is 15.3. The summed E-state index contributed by atoms with van der Waals surface area (Å²) in [5, 5.41) is 10.7. The van der Waals surface area contributed by atoms with Gasteiger partial charge >= 0.3 is 5.97 Å². The van der Waals surface area contributed by atoms with Gasteiger partial charge in [-0.15, -0.1) is 0 Å². The van der Waals surface area contributed by atoms with Gasteiger partial charge in [-0.1, -0.05) is 80.9 Å². The number of carbonyl (C=O) groups is 1. The molecule has 4 nitrogen and oxygen atoms in total. The number of likely N-dealkylation sites (tertiary alicyclic amines) is 1. The maximum absolute atomic E-state index is 12.3. The maximum atomic E-state index is 12.3. The van der Waals surface area contributed by atoms with Gasteiger partial charge in [-0.3, -0.25) is 9.69 Å². The molecule has 168 valence electrons. The summed E-state index contributed by atoms with van der Waals surface area (Å²) in [7, 11) is -1.90. The van der Waals surface area contributed by atoms with Gasteiger partial charge in [0.25, 0.3) is 0 Å². The van der Waals surface area contributed by atoms with Crippen LogP contribution in [0.4, 0.5) is 0 Å². The number of aliphatic carboxylic acids is 1. The summed E-state index contributed by atoms with van der Waals surface area (Å²) in [5.41, 5.74) is 1.88. The van der Waals surface area contributed by atoms with Crippen molar-refractivity contribution in [3.63, 3.8) is 0 Å². The minimum absolute atomic E-state index is 0.134. The highest BCUT2D eigenvalue weighted by molar-refractivity contribution is 6.74. The summed E-state index contributed by atoms with van der Waals surface area (Å²) in [6.07, 6.45) is 0. The average molecular weight is 460 g/mol. The Morgan fingerprint density at radius 1 is 1.13 bits per heavy atom. The number of halogens is 1. The molecule has 3 rings (SSSR count). The minimum atomic E-state index is -1.90. The van der Waals surface area contributed by atoms with E-state index in [1.165, 1.54) is 5.56 Å². The first-order valence-electron chi connectivity index (χ1n) is 10.9. The molecule has 1 fully saturated rings. The molecule has 1 N–H and O–H groups in total. The number of nitrogens with zero attached hydrogens (tertiary/aromatic N) is 1. The highest BCUT2D eigenvalue weighted by atomic mass is 35.5. The van der Waals surface area contributed by atoms with Crippen LogP contribution in [0.1, 0.15) is 43.9 Å². The lowest BCUT2D eigenvalue weighted by molar-refractivity contribution is -0.143. The fourth-order valence-corrected chi connectivity index (χ4v) is 5.38. The van der Waals surface area contributed by atoms with Crippen LogP contribution in [0, 0.1) is 5.92 Å². The van der Waals surface area contributed by atoms with Gasteiger partial charge in [0, 0.05) is 36.6 Å². The van der Waals surface area contributed by atoms with Gasteiger partial charge in [-0.05, 0) is 35.3 Å². The van der Waals surface area contributed by atoms with Crippen LogP contribution < -0.4 is 0 Å². The third-order valence-corrected chi connectivity index (χ3v) is 11.8. The number of carboxylic acid groups (broad SMARTS) is 1. The zero-order valence-electron chi connectivity index (χ0n) is 19.1. The van der Waals surface area contributed by atoms with Gasteiger partial charge in [-0.2, -0.15) is 0 Å². The molecule has 1 aliphatic heterocycles. The second kappa shape index (κ2) is 9.45. The van der Waals surface area contributed by atoms with Crippen LogP contribution in [0.2, 0.25) is 23.2 Å².